The van der Waals surface area contributed by atoms with Crippen LogP contribution in [0.4, 0.5) is 0 Å². The van der Waals surface area contributed by atoms with Crippen LogP contribution in [0.2, 0.25) is 5.02 Å². The zero-order valence-corrected chi connectivity index (χ0v) is 11.4. The largest absolute Gasteiger partial charge is 0.352 e. The normalized spacial score (nSPS) is 18.9. The first-order chi connectivity index (χ1) is 8.68. The summed E-state index contributed by atoms with van der Waals surface area (Å²) in [5.74, 6) is -0.0343. The Bertz CT molecular complexity index is 428. The van der Waals surface area contributed by atoms with E-state index in [0.717, 1.165) is 18.5 Å². The predicted octanol–water partition coefficient (Wildman–Crippen LogP) is 2.52. The third-order valence-corrected chi connectivity index (χ3v) is 3.86. The molecule has 1 fully saturated rings. The quantitative estimate of drug-likeness (QED) is 0.879. The van der Waals surface area contributed by atoms with E-state index >= 15 is 0 Å². The second-order valence-electron chi connectivity index (χ2n) is 4.75. The highest BCUT2D eigenvalue weighted by Crippen LogP contribution is 2.18. The Labute approximate surface area is 113 Å². The maximum atomic E-state index is 12.0. The molecule has 1 saturated heterocycles. The first-order valence-electron chi connectivity index (χ1n) is 6.45. The Morgan fingerprint density at radius 3 is 3.11 bits per heavy atom. The summed E-state index contributed by atoms with van der Waals surface area (Å²) >= 11 is 6.01. The summed E-state index contributed by atoms with van der Waals surface area (Å²) in [4.78, 5) is 12.0. The molecule has 0 bridgehead atoms. The molecule has 3 nitrogen and oxygen atoms in total. The first kappa shape index (κ1) is 13.4. The Hall–Kier alpha value is -1.06. The van der Waals surface area contributed by atoms with Gasteiger partial charge >= 0.3 is 0 Å². The van der Waals surface area contributed by atoms with Gasteiger partial charge < -0.3 is 10.6 Å². The van der Waals surface area contributed by atoms with Gasteiger partial charge in [0.2, 0.25) is 0 Å². The fourth-order valence-corrected chi connectivity index (χ4v) is 2.49. The molecule has 1 aliphatic rings. The van der Waals surface area contributed by atoms with Crippen LogP contribution in [-0.4, -0.2) is 25.0 Å². The van der Waals surface area contributed by atoms with E-state index in [-0.39, 0.29) is 5.91 Å². The third kappa shape index (κ3) is 3.24. The summed E-state index contributed by atoms with van der Waals surface area (Å²) in [6.07, 6.45) is 3.45. The van der Waals surface area contributed by atoms with Gasteiger partial charge in [-0.2, -0.15) is 0 Å². The summed E-state index contributed by atoms with van der Waals surface area (Å²) in [5, 5.41) is 7.01. The van der Waals surface area contributed by atoms with Crippen molar-refractivity contribution in [2.75, 3.05) is 13.1 Å². The van der Waals surface area contributed by atoms with E-state index in [9.17, 15) is 4.79 Å². The Morgan fingerprint density at radius 1 is 1.56 bits per heavy atom. The maximum Gasteiger partial charge on any atom is 0.251 e. The SMILES string of the molecule is Cc1c(Cl)cccc1C(=O)NCCC1CCCN1. The lowest BCUT2D eigenvalue weighted by Crippen LogP contribution is -2.30. The molecular weight excluding hydrogens is 248 g/mol. The van der Waals surface area contributed by atoms with Crippen molar-refractivity contribution < 1.29 is 4.79 Å². The molecule has 1 aromatic carbocycles. The fraction of sp³-hybridized carbons (Fsp3) is 0.500. The lowest BCUT2D eigenvalue weighted by molar-refractivity contribution is 0.0951. The minimum atomic E-state index is -0.0343. The zero-order chi connectivity index (χ0) is 13.0. The second kappa shape index (κ2) is 6.21. The molecule has 1 aromatic rings. The van der Waals surface area contributed by atoms with E-state index in [1.54, 1.807) is 6.07 Å². The molecule has 1 aliphatic heterocycles. The van der Waals surface area contributed by atoms with Gasteiger partial charge in [-0.1, -0.05) is 17.7 Å². The molecule has 1 unspecified atom stereocenters. The van der Waals surface area contributed by atoms with E-state index in [0.29, 0.717) is 23.2 Å². The van der Waals surface area contributed by atoms with Crippen molar-refractivity contribution in [3.8, 4) is 0 Å². The molecule has 1 amide bonds. The number of hydrogen-bond donors (Lipinski definition) is 2. The molecule has 0 aliphatic carbocycles. The predicted molar refractivity (Wildman–Crippen MR) is 74.2 cm³/mol. The number of benzene rings is 1. The number of hydrogen-bond acceptors (Lipinski definition) is 2. The van der Waals surface area contributed by atoms with E-state index < -0.39 is 0 Å². The minimum absolute atomic E-state index is 0.0343. The van der Waals surface area contributed by atoms with E-state index in [1.807, 2.05) is 19.1 Å². The Kier molecular flexibility index (Phi) is 4.61. The van der Waals surface area contributed by atoms with Gasteiger partial charge in [-0.05, 0) is 50.4 Å². The van der Waals surface area contributed by atoms with E-state index in [1.165, 1.54) is 12.8 Å². The Morgan fingerprint density at radius 2 is 2.39 bits per heavy atom. The van der Waals surface area contributed by atoms with Gasteiger partial charge in [-0.3, -0.25) is 4.79 Å². The van der Waals surface area contributed by atoms with Gasteiger partial charge in [0.15, 0.2) is 0 Å². The smallest absolute Gasteiger partial charge is 0.251 e. The van der Waals surface area contributed by atoms with Crippen molar-refractivity contribution in [1.82, 2.24) is 10.6 Å². The molecule has 0 saturated carbocycles. The lowest BCUT2D eigenvalue weighted by atomic mass is 10.1. The van der Waals surface area contributed by atoms with Gasteiger partial charge in [0.1, 0.15) is 0 Å². The van der Waals surface area contributed by atoms with Crippen LogP contribution in [0, 0.1) is 6.92 Å². The van der Waals surface area contributed by atoms with Crippen molar-refractivity contribution in [2.45, 2.75) is 32.2 Å². The molecule has 1 heterocycles. The molecule has 1 atom stereocenters. The molecule has 2 N–H and O–H groups in total. The molecule has 0 spiro atoms. The number of halogens is 1. The van der Waals surface area contributed by atoms with Crippen LogP contribution in [0.1, 0.15) is 35.2 Å². The first-order valence-corrected chi connectivity index (χ1v) is 6.83. The van der Waals surface area contributed by atoms with Crippen molar-refractivity contribution in [2.24, 2.45) is 0 Å². The van der Waals surface area contributed by atoms with Crippen LogP contribution in [0.25, 0.3) is 0 Å². The average Bonchev–Trinajstić information content (AvgIpc) is 2.85. The van der Waals surface area contributed by atoms with Crippen LogP contribution in [0.15, 0.2) is 18.2 Å². The molecule has 18 heavy (non-hydrogen) atoms. The van der Waals surface area contributed by atoms with E-state index in [4.69, 9.17) is 11.6 Å². The number of nitrogens with one attached hydrogen (secondary N) is 2. The highest BCUT2D eigenvalue weighted by molar-refractivity contribution is 6.31. The maximum absolute atomic E-state index is 12.0. The summed E-state index contributed by atoms with van der Waals surface area (Å²) in [6, 6.07) is 5.98. The lowest BCUT2D eigenvalue weighted by Gasteiger charge is -2.12. The standard InChI is InChI=1S/C14H19ClN2O/c1-10-12(5-2-6-13(10)15)14(18)17-9-7-11-4-3-8-16-11/h2,5-6,11,16H,3-4,7-9H2,1H3,(H,17,18). The number of carbonyl (C=O) groups excluding carboxylic acids is 1. The van der Waals surface area contributed by atoms with Crippen molar-refractivity contribution in [1.29, 1.82) is 0 Å². The second-order valence-corrected chi connectivity index (χ2v) is 5.16. The topological polar surface area (TPSA) is 41.1 Å². The molecule has 4 heteroatoms. The summed E-state index contributed by atoms with van der Waals surface area (Å²) in [6.45, 7) is 3.68. The molecule has 98 valence electrons. The highest BCUT2D eigenvalue weighted by atomic mass is 35.5. The van der Waals surface area contributed by atoms with Gasteiger partial charge in [-0.25, -0.2) is 0 Å². The molecule has 0 radical (unpaired) electrons. The average molecular weight is 267 g/mol. The van der Waals surface area contributed by atoms with Crippen molar-refractivity contribution in [3.05, 3.63) is 34.3 Å². The fourth-order valence-electron chi connectivity index (χ4n) is 2.31. The van der Waals surface area contributed by atoms with Gasteiger partial charge in [0.25, 0.3) is 5.91 Å². The van der Waals surface area contributed by atoms with Crippen LogP contribution in [0.5, 0.6) is 0 Å². The summed E-state index contributed by atoms with van der Waals surface area (Å²) in [5.41, 5.74) is 1.51. The van der Waals surface area contributed by atoms with Crippen LogP contribution in [-0.2, 0) is 0 Å². The Balaban J connectivity index is 1.85. The number of rotatable bonds is 4. The van der Waals surface area contributed by atoms with Gasteiger partial charge in [-0.15, -0.1) is 0 Å². The van der Waals surface area contributed by atoms with Crippen LogP contribution < -0.4 is 10.6 Å². The minimum Gasteiger partial charge on any atom is -0.352 e. The van der Waals surface area contributed by atoms with Crippen molar-refractivity contribution >= 4 is 17.5 Å². The number of carbonyl (C=O) groups is 1. The monoisotopic (exact) mass is 266 g/mol. The summed E-state index contributed by atoms with van der Waals surface area (Å²) in [7, 11) is 0. The number of amides is 1. The van der Waals surface area contributed by atoms with Crippen molar-refractivity contribution in [3.63, 3.8) is 0 Å². The zero-order valence-electron chi connectivity index (χ0n) is 10.6. The highest BCUT2D eigenvalue weighted by Gasteiger charge is 2.15. The molecule has 2 rings (SSSR count). The van der Waals surface area contributed by atoms with Crippen LogP contribution in [0.3, 0.4) is 0 Å². The van der Waals surface area contributed by atoms with E-state index in [2.05, 4.69) is 10.6 Å². The van der Waals surface area contributed by atoms with Gasteiger partial charge in [0.05, 0.1) is 0 Å². The molecule has 0 aromatic heterocycles. The van der Waals surface area contributed by atoms with Crippen LogP contribution >= 0.6 is 11.6 Å². The molecular formula is C14H19ClN2O. The third-order valence-electron chi connectivity index (χ3n) is 3.45. The summed E-state index contributed by atoms with van der Waals surface area (Å²) < 4.78 is 0. The van der Waals surface area contributed by atoms with Gasteiger partial charge in [0, 0.05) is 23.2 Å².